The Bertz CT molecular complexity index is 603. The Hall–Kier alpha value is -1.99. The summed E-state index contributed by atoms with van der Waals surface area (Å²) in [5, 5.41) is 0. The molecule has 0 aliphatic rings. The lowest BCUT2D eigenvalue weighted by atomic mass is 10.2. The molecule has 0 spiro atoms. The highest BCUT2D eigenvalue weighted by Crippen LogP contribution is 2.08. The van der Waals surface area contributed by atoms with Gasteiger partial charge in [-0.25, -0.2) is 8.42 Å². The van der Waals surface area contributed by atoms with Crippen LogP contribution in [0, 0.1) is 6.92 Å². The van der Waals surface area contributed by atoms with Crippen molar-refractivity contribution in [2.24, 2.45) is 0 Å². The molecule has 0 fully saturated rings. The first-order chi connectivity index (χ1) is 8.81. The molecular formula is C12H14N2O4S. The number of hydrazine groups is 1. The third kappa shape index (κ3) is 5.02. The molecule has 0 radical (unpaired) electrons. The minimum atomic E-state index is -3.81. The van der Waals surface area contributed by atoms with Crippen molar-refractivity contribution < 1.29 is 18.0 Å². The van der Waals surface area contributed by atoms with E-state index in [2.05, 4.69) is 0 Å². The lowest BCUT2D eigenvalue weighted by molar-refractivity contribution is -0.117. The second-order valence-electron chi connectivity index (χ2n) is 3.85. The Morgan fingerprint density at radius 2 is 1.68 bits per heavy atom. The molecule has 0 aliphatic heterocycles. The number of carbonyl (C=O) groups excluding carboxylic acids is 2. The molecular weight excluding hydrogens is 268 g/mol. The van der Waals surface area contributed by atoms with Gasteiger partial charge in [0, 0.05) is 6.08 Å². The van der Waals surface area contributed by atoms with E-state index in [-0.39, 0.29) is 10.7 Å². The molecule has 102 valence electrons. The van der Waals surface area contributed by atoms with Crippen molar-refractivity contribution >= 4 is 21.7 Å². The van der Waals surface area contributed by atoms with E-state index < -0.39 is 15.9 Å². The first-order valence-corrected chi connectivity index (χ1v) is 6.87. The number of benzene rings is 1. The zero-order valence-electron chi connectivity index (χ0n) is 10.5. The summed E-state index contributed by atoms with van der Waals surface area (Å²) in [5.41, 5.74) is 2.90. The Labute approximate surface area is 111 Å². The molecule has 0 unspecified atom stereocenters. The van der Waals surface area contributed by atoms with Gasteiger partial charge in [-0.05, 0) is 32.1 Å². The topological polar surface area (TPSA) is 92.3 Å². The average Bonchev–Trinajstić information content (AvgIpc) is 2.34. The van der Waals surface area contributed by atoms with E-state index in [4.69, 9.17) is 0 Å². The number of aryl methyl sites for hydroxylation is 1. The predicted molar refractivity (Wildman–Crippen MR) is 69.5 cm³/mol. The van der Waals surface area contributed by atoms with Crippen molar-refractivity contribution in [2.75, 3.05) is 0 Å². The lowest BCUT2D eigenvalue weighted by Crippen LogP contribution is -2.40. The summed E-state index contributed by atoms with van der Waals surface area (Å²) in [6, 6.07) is 6.14. The van der Waals surface area contributed by atoms with Gasteiger partial charge in [-0.2, -0.15) is 0 Å². The van der Waals surface area contributed by atoms with Crippen molar-refractivity contribution in [3.63, 3.8) is 0 Å². The lowest BCUT2D eigenvalue weighted by Gasteiger charge is -2.06. The first kappa shape index (κ1) is 15.1. The molecule has 2 N–H and O–H groups in total. The van der Waals surface area contributed by atoms with Crippen LogP contribution in [-0.4, -0.2) is 20.1 Å². The largest absolute Gasteiger partial charge is 0.295 e. The number of carbonyl (C=O) groups is 2. The fourth-order valence-corrected chi connectivity index (χ4v) is 1.98. The third-order valence-corrected chi connectivity index (χ3v) is 3.37. The van der Waals surface area contributed by atoms with Gasteiger partial charge in [0.25, 0.3) is 15.9 Å². The van der Waals surface area contributed by atoms with Crippen LogP contribution in [0.15, 0.2) is 41.3 Å². The van der Waals surface area contributed by atoms with E-state index >= 15 is 0 Å². The van der Waals surface area contributed by atoms with Gasteiger partial charge in [0.2, 0.25) is 0 Å². The molecule has 0 aromatic heterocycles. The van der Waals surface area contributed by atoms with Gasteiger partial charge in [0.1, 0.15) is 0 Å². The number of hydrogen-bond acceptors (Lipinski definition) is 4. The van der Waals surface area contributed by atoms with E-state index in [1.165, 1.54) is 19.1 Å². The van der Waals surface area contributed by atoms with E-state index in [1.807, 2.05) is 17.2 Å². The highest BCUT2D eigenvalue weighted by Gasteiger charge is 2.13. The molecule has 1 amide bonds. The number of amides is 1. The fourth-order valence-electron chi connectivity index (χ4n) is 1.13. The van der Waals surface area contributed by atoms with Crippen LogP contribution in [0.3, 0.4) is 0 Å². The molecule has 0 saturated heterocycles. The maximum Gasteiger partial charge on any atom is 0.259 e. The Kier molecular flexibility index (Phi) is 4.96. The molecule has 6 nitrogen and oxygen atoms in total. The van der Waals surface area contributed by atoms with Crippen molar-refractivity contribution in [3.8, 4) is 0 Å². The van der Waals surface area contributed by atoms with Crippen LogP contribution in [0.1, 0.15) is 12.5 Å². The second kappa shape index (κ2) is 6.26. The van der Waals surface area contributed by atoms with Crippen molar-refractivity contribution in [1.29, 1.82) is 0 Å². The fraction of sp³-hybridized carbons (Fsp3) is 0.167. The van der Waals surface area contributed by atoms with Crippen LogP contribution >= 0.6 is 0 Å². The zero-order chi connectivity index (χ0) is 14.5. The van der Waals surface area contributed by atoms with Crippen LogP contribution < -0.4 is 10.3 Å². The summed E-state index contributed by atoms with van der Waals surface area (Å²) >= 11 is 0. The molecule has 0 aliphatic carbocycles. The van der Waals surface area contributed by atoms with Gasteiger partial charge in [-0.1, -0.05) is 17.7 Å². The van der Waals surface area contributed by atoms with E-state index in [1.54, 1.807) is 12.1 Å². The SMILES string of the molecule is CC(=O)C=CC(=O)NNS(=O)(=O)c1ccc(C)cc1. The standard InChI is InChI=1S/C12H14N2O4S/c1-9-3-6-11(7-4-9)19(17,18)14-13-12(16)8-5-10(2)15/h3-8,14H,1-2H3,(H,13,16). The Morgan fingerprint density at radius 1 is 1.11 bits per heavy atom. The van der Waals surface area contributed by atoms with E-state index in [9.17, 15) is 18.0 Å². The maximum atomic E-state index is 11.8. The summed E-state index contributed by atoms with van der Waals surface area (Å²) < 4.78 is 23.5. The van der Waals surface area contributed by atoms with Gasteiger partial charge in [-0.3, -0.25) is 15.0 Å². The van der Waals surface area contributed by atoms with Crippen LogP contribution in [0.5, 0.6) is 0 Å². The molecule has 0 atom stereocenters. The van der Waals surface area contributed by atoms with Crippen molar-refractivity contribution in [2.45, 2.75) is 18.7 Å². The number of ketones is 1. The van der Waals surface area contributed by atoms with Gasteiger partial charge < -0.3 is 0 Å². The van der Waals surface area contributed by atoms with Crippen LogP contribution in [0.4, 0.5) is 0 Å². The summed E-state index contributed by atoms with van der Waals surface area (Å²) in [6.45, 7) is 3.11. The van der Waals surface area contributed by atoms with Crippen molar-refractivity contribution in [1.82, 2.24) is 10.3 Å². The number of allylic oxidation sites excluding steroid dienone is 1. The predicted octanol–water partition coefficient (Wildman–Crippen LogP) is 0.450. The molecule has 7 heteroatoms. The van der Waals surface area contributed by atoms with Gasteiger partial charge in [0.05, 0.1) is 4.90 Å². The minimum Gasteiger partial charge on any atom is -0.295 e. The number of sulfonamides is 1. The summed E-state index contributed by atoms with van der Waals surface area (Å²) in [5.74, 6) is -1.04. The number of rotatable bonds is 5. The minimum absolute atomic E-state index is 0.0361. The van der Waals surface area contributed by atoms with Crippen LogP contribution in [0.2, 0.25) is 0 Å². The smallest absolute Gasteiger partial charge is 0.259 e. The Morgan fingerprint density at radius 3 is 2.21 bits per heavy atom. The number of hydrogen-bond donors (Lipinski definition) is 2. The second-order valence-corrected chi connectivity index (χ2v) is 5.53. The van der Waals surface area contributed by atoms with E-state index in [0.29, 0.717) is 0 Å². The summed E-state index contributed by atoms with van der Waals surface area (Å²) in [4.78, 5) is 23.8. The van der Waals surface area contributed by atoms with Gasteiger partial charge >= 0.3 is 0 Å². The number of nitrogens with one attached hydrogen (secondary N) is 2. The van der Waals surface area contributed by atoms with Crippen LogP contribution in [-0.2, 0) is 19.6 Å². The molecule has 0 saturated carbocycles. The zero-order valence-corrected chi connectivity index (χ0v) is 11.3. The summed E-state index contributed by atoms with van der Waals surface area (Å²) in [7, 11) is -3.81. The summed E-state index contributed by atoms with van der Waals surface area (Å²) in [6.07, 6.45) is 1.98. The van der Waals surface area contributed by atoms with Gasteiger partial charge in [0.15, 0.2) is 5.78 Å². The third-order valence-electron chi connectivity index (χ3n) is 2.11. The van der Waals surface area contributed by atoms with Crippen LogP contribution in [0.25, 0.3) is 0 Å². The normalized spacial score (nSPS) is 11.5. The first-order valence-electron chi connectivity index (χ1n) is 5.38. The quantitative estimate of drug-likeness (QED) is 0.606. The van der Waals surface area contributed by atoms with Crippen molar-refractivity contribution in [3.05, 3.63) is 42.0 Å². The monoisotopic (exact) mass is 282 g/mol. The average molecular weight is 282 g/mol. The highest BCUT2D eigenvalue weighted by molar-refractivity contribution is 7.89. The van der Waals surface area contributed by atoms with Gasteiger partial charge in [-0.15, -0.1) is 4.83 Å². The molecule has 1 rings (SSSR count). The molecule has 0 heterocycles. The van der Waals surface area contributed by atoms with E-state index in [0.717, 1.165) is 17.7 Å². The highest BCUT2D eigenvalue weighted by atomic mass is 32.2. The molecule has 0 bridgehead atoms. The molecule has 1 aromatic carbocycles. The molecule has 1 aromatic rings. The molecule has 19 heavy (non-hydrogen) atoms. The Balaban J connectivity index is 2.68. The maximum absolute atomic E-state index is 11.8.